The summed E-state index contributed by atoms with van der Waals surface area (Å²) in [5, 5.41) is 0. The summed E-state index contributed by atoms with van der Waals surface area (Å²) in [4.78, 5) is 18.0. The Labute approximate surface area is 121 Å². The van der Waals surface area contributed by atoms with E-state index in [0.717, 1.165) is 30.0 Å². The number of ketones is 1. The summed E-state index contributed by atoms with van der Waals surface area (Å²) in [6.07, 6.45) is 8.27. The molecule has 20 heavy (non-hydrogen) atoms. The van der Waals surface area contributed by atoms with Gasteiger partial charge in [-0.25, -0.2) is 0 Å². The smallest absolute Gasteiger partial charge is 0.178 e. The molecule has 1 N–H and O–H groups in total. The number of Topliss-reactive ketones (excluding diaryl/α,β-unsaturated/α-hetero) is 1. The summed E-state index contributed by atoms with van der Waals surface area (Å²) < 4.78 is 0. The van der Waals surface area contributed by atoms with E-state index in [2.05, 4.69) is 9.88 Å². The van der Waals surface area contributed by atoms with Crippen LogP contribution in [0.3, 0.4) is 0 Å². The first-order valence-corrected chi connectivity index (χ1v) is 8.00. The average Bonchev–Trinajstić information content (AvgIpc) is 3.00. The van der Waals surface area contributed by atoms with Crippen molar-refractivity contribution >= 4 is 5.78 Å². The molecule has 0 aromatic carbocycles. The van der Waals surface area contributed by atoms with Crippen LogP contribution in [0, 0.1) is 19.3 Å². The van der Waals surface area contributed by atoms with Gasteiger partial charge in [-0.1, -0.05) is 12.8 Å². The third kappa shape index (κ3) is 2.69. The van der Waals surface area contributed by atoms with Gasteiger partial charge in [0.2, 0.25) is 0 Å². The lowest BCUT2D eigenvalue weighted by molar-refractivity contribution is 0.0797. The van der Waals surface area contributed by atoms with Gasteiger partial charge in [0.15, 0.2) is 5.78 Å². The lowest BCUT2D eigenvalue weighted by atomic mass is 9.77. The minimum Gasteiger partial charge on any atom is -0.362 e. The molecule has 0 bridgehead atoms. The van der Waals surface area contributed by atoms with Crippen molar-refractivity contribution in [1.29, 1.82) is 0 Å². The van der Waals surface area contributed by atoms with E-state index in [4.69, 9.17) is 0 Å². The highest BCUT2D eigenvalue weighted by Gasteiger charge is 2.37. The summed E-state index contributed by atoms with van der Waals surface area (Å²) in [7, 11) is 0. The SMILES string of the molecule is Cc1cc(C(=O)CN2CCC3(CCCC3)CC2)c(C)[nH]1. The molecule has 2 heterocycles. The molecule has 1 aliphatic heterocycles. The molecule has 2 aliphatic rings. The molecule has 2 fully saturated rings. The standard InChI is InChI=1S/C17H26N2O/c1-13-11-15(14(2)18-13)16(20)12-19-9-7-17(8-10-19)5-3-4-6-17/h11,18H,3-10,12H2,1-2H3. The largest absolute Gasteiger partial charge is 0.362 e. The number of hydrogen-bond donors (Lipinski definition) is 1. The van der Waals surface area contributed by atoms with Crippen LogP contribution in [0.4, 0.5) is 0 Å². The Hall–Kier alpha value is -1.09. The fourth-order valence-corrected chi connectivity index (χ4v) is 4.11. The van der Waals surface area contributed by atoms with E-state index >= 15 is 0 Å². The van der Waals surface area contributed by atoms with Gasteiger partial charge in [0.1, 0.15) is 0 Å². The molecule has 1 aromatic heterocycles. The Bertz CT molecular complexity index is 487. The van der Waals surface area contributed by atoms with Gasteiger partial charge in [-0.05, 0) is 64.1 Å². The highest BCUT2D eigenvalue weighted by molar-refractivity contribution is 5.98. The first-order chi connectivity index (χ1) is 9.58. The predicted octanol–water partition coefficient (Wildman–Crippen LogP) is 3.47. The van der Waals surface area contributed by atoms with Crippen molar-refractivity contribution in [2.24, 2.45) is 5.41 Å². The number of piperidine rings is 1. The fraction of sp³-hybridized carbons (Fsp3) is 0.706. The van der Waals surface area contributed by atoms with E-state index in [1.54, 1.807) is 0 Å². The predicted molar refractivity (Wildman–Crippen MR) is 81.2 cm³/mol. The minimum atomic E-state index is 0.272. The first kappa shape index (κ1) is 13.9. The van der Waals surface area contributed by atoms with Crippen molar-refractivity contribution in [3.8, 4) is 0 Å². The summed E-state index contributed by atoms with van der Waals surface area (Å²) in [6, 6.07) is 1.99. The monoisotopic (exact) mass is 274 g/mol. The van der Waals surface area contributed by atoms with Crippen molar-refractivity contribution in [2.45, 2.75) is 52.4 Å². The molecule has 1 spiro atoms. The van der Waals surface area contributed by atoms with Crippen molar-refractivity contribution < 1.29 is 4.79 Å². The molecule has 0 atom stereocenters. The van der Waals surface area contributed by atoms with Gasteiger partial charge < -0.3 is 4.98 Å². The Morgan fingerprint density at radius 2 is 1.85 bits per heavy atom. The molecule has 3 nitrogen and oxygen atoms in total. The zero-order chi connectivity index (χ0) is 14.2. The molecule has 0 radical (unpaired) electrons. The maximum Gasteiger partial charge on any atom is 0.178 e. The van der Waals surface area contributed by atoms with E-state index in [0.29, 0.717) is 12.0 Å². The van der Waals surface area contributed by atoms with Crippen LogP contribution in [0.15, 0.2) is 6.07 Å². The van der Waals surface area contributed by atoms with Gasteiger partial charge in [0, 0.05) is 17.0 Å². The van der Waals surface area contributed by atoms with Crippen molar-refractivity contribution in [3.05, 3.63) is 23.0 Å². The van der Waals surface area contributed by atoms with Crippen LogP contribution in [-0.4, -0.2) is 35.3 Å². The number of carbonyl (C=O) groups excluding carboxylic acids is 1. The molecule has 1 saturated carbocycles. The zero-order valence-electron chi connectivity index (χ0n) is 12.8. The second-order valence-electron chi connectivity index (χ2n) is 6.90. The maximum absolute atomic E-state index is 12.4. The van der Waals surface area contributed by atoms with E-state index in [1.807, 2.05) is 19.9 Å². The van der Waals surface area contributed by atoms with Gasteiger partial charge in [-0.15, -0.1) is 0 Å². The molecular weight excluding hydrogens is 248 g/mol. The molecular formula is C17H26N2O. The van der Waals surface area contributed by atoms with Crippen molar-refractivity contribution in [2.75, 3.05) is 19.6 Å². The Morgan fingerprint density at radius 3 is 2.40 bits per heavy atom. The van der Waals surface area contributed by atoms with Crippen LogP contribution in [0.2, 0.25) is 0 Å². The number of carbonyl (C=O) groups is 1. The second-order valence-corrected chi connectivity index (χ2v) is 6.90. The maximum atomic E-state index is 12.4. The second kappa shape index (κ2) is 5.36. The number of aryl methyl sites for hydroxylation is 2. The first-order valence-electron chi connectivity index (χ1n) is 8.00. The third-order valence-electron chi connectivity index (χ3n) is 5.40. The minimum absolute atomic E-state index is 0.272. The van der Waals surface area contributed by atoms with Crippen molar-refractivity contribution in [1.82, 2.24) is 9.88 Å². The molecule has 1 aliphatic carbocycles. The zero-order valence-corrected chi connectivity index (χ0v) is 12.8. The van der Waals surface area contributed by atoms with Gasteiger partial charge in [-0.3, -0.25) is 9.69 Å². The Kier molecular flexibility index (Phi) is 3.72. The van der Waals surface area contributed by atoms with Crippen LogP contribution in [0.5, 0.6) is 0 Å². The molecule has 3 rings (SSSR count). The summed E-state index contributed by atoms with van der Waals surface area (Å²) in [5.41, 5.74) is 3.61. The van der Waals surface area contributed by atoms with Gasteiger partial charge in [-0.2, -0.15) is 0 Å². The van der Waals surface area contributed by atoms with E-state index < -0.39 is 0 Å². The number of H-pyrrole nitrogens is 1. The number of likely N-dealkylation sites (tertiary alicyclic amines) is 1. The van der Waals surface area contributed by atoms with Gasteiger partial charge >= 0.3 is 0 Å². The molecule has 1 aromatic rings. The number of nitrogens with zero attached hydrogens (tertiary/aromatic N) is 1. The van der Waals surface area contributed by atoms with Crippen LogP contribution in [0.1, 0.15) is 60.3 Å². The fourth-order valence-electron chi connectivity index (χ4n) is 4.11. The normalized spacial score (nSPS) is 22.5. The summed E-state index contributed by atoms with van der Waals surface area (Å²) in [6.45, 7) is 6.80. The molecule has 0 amide bonds. The van der Waals surface area contributed by atoms with Gasteiger partial charge in [0.25, 0.3) is 0 Å². The molecule has 110 valence electrons. The van der Waals surface area contributed by atoms with E-state index in [1.165, 1.54) is 38.5 Å². The lowest BCUT2D eigenvalue weighted by Gasteiger charge is -2.39. The number of aromatic nitrogens is 1. The number of rotatable bonds is 3. The van der Waals surface area contributed by atoms with Crippen LogP contribution < -0.4 is 0 Å². The highest BCUT2D eigenvalue weighted by atomic mass is 16.1. The van der Waals surface area contributed by atoms with Crippen LogP contribution >= 0.6 is 0 Å². The topological polar surface area (TPSA) is 36.1 Å². The Balaban J connectivity index is 1.57. The summed E-state index contributed by atoms with van der Waals surface area (Å²) in [5.74, 6) is 0.272. The number of nitrogens with one attached hydrogen (secondary N) is 1. The average molecular weight is 274 g/mol. The van der Waals surface area contributed by atoms with Gasteiger partial charge in [0.05, 0.1) is 6.54 Å². The van der Waals surface area contributed by atoms with E-state index in [-0.39, 0.29) is 5.78 Å². The number of hydrogen-bond acceptors (Lipinski definition) is 2. The van der Waals surface area contributed by atoms with Crippen LogP contribution in [-0.2, 0) is 0 Å². The lowest BCUT2D eigenvalue weighted by Crippen LogP contribution is -2.41. The number of aromatic amines is 1. The Morgan fingerprint density at radius 1 is 1.20 bits per heavy atom. The van der Waals surface area contributed by atoms with E-state index in [9.17, 15) is 4.79 Å². The molecule has 0 unspecified atom stereocenters. The highest BCUT2D eigenvalue weighted by Crippen LogP contribution is 2.46. The molecule has 1 saturated heterocycles. The quantitative estimate of drug-likeness (QED) is 0.857. The van der Waals surface area contributed by atoms with Crippen LogP contribution in [0.25, 0.3) is 0 Å². The van der Waals surface area contributed by atoms with Crippen molar-refractivity contribution in [3.63, 3.8) is 0 Å². The third-order valence-corrected chi connectivity index (χ3v) is 5.40. The summed E-state index contributed by atoms with van der Waals surface area (Å²) >= 11 is 0. The molecule has 3 heteroatoms.